The Morgan fingerprint density at radius 2 is 1.15 bits per heavy atom. The monoisotopic (exact) mass is 356 g/mol. The minimum absolute atomic E-state index is 0.148. The maximum absolute atomic E-state index is 6.43. The average molecular weight is 356 g/mol. The van der Waals surface area contributed by atoms with Gasteiger partial charge in [0.1, 0.15) is 0 Å². The molecule has 1 fully saturated rings. The van der Waals surface area contributed by atoms with Crippen molar-refractivity contribution in [1.29, 1.82) is 0 Å². The summed E-state index contributed by atoms with van der Waals surface area (Å²) in [6.45, 7) is 6.93. The van der Waals surface area contributed by atoms with Crippen LogP contribution in [0.1, 0.15) is 13.8 Å². The molecule has 2 unspecified atom stereocenters. The van der Waals surface area contributed by atoms with Gasteiger partial charge in [-0.05, 0) is 62.4 Å². The van der Waals surface area contributed by atoms with Crippen molar-refractivity contribution in [3.8, 4) is 0 Å². The van der Waals surface area contributed by atoms with E-state index in [2.05, 4.69) is 23.6 Å². The highest BCUT2D eigenvalue weighted by atomic mass is 16.6. The molecule has 4 N–H and O–H groups in total. The first-order valence-corrected chi connectivity index (χ1v) is 9.10. The van der Waals surface area contributed by atoms with Crippen LogP contribution in [0, 0.1) is 0 Å². The van der Waals surface area contributed by atoms with E-state index in [4.69, 9.17) is 20.9 Å². The number of anilines is 4. The molecule has 6 nitrogen and oxygen atoms in total. The molecule has 0 radical (unpaired) electrons. The molecular formula is C20H28N4O2. The van der Waals surface area contributed by atoms with E-state index >= 15 is 0 Å². The molecule has 2 aromatic carbocycles. The number of nitrogen functional groups attached to an aromatic ring is 2. The van der Waals surface area contributed by atoms with Crippen LogP contribution in [-0.4, -0.2) is 38.8 Å². The summed E-state index contributed by atoms with van der Waals surface area (Å²) in [5.41, 5.74) is 15.3. The molecule has 1 saturated heterocycles. The molecule has 0 spiro atoms. The summed E-state index contributed by atoms with van der Waals surface area (Å²) in [4.78, 5) is 4.39. The predicted octanol–water partition coefficient (Wildman–Crippen LogP) is 2.90. The Labute approximate surface area is 155 Å². The second-order valence-corrected chi connectivity index (χ2v) is 6.34. The van der Waals surface area contributed by atoms with Crippen LogP contribution in [0.25, 0.3) is 0 Å². The van der Waals surface area contributed by atoms with E-state index in [1.807, 2.05) is 48.5 Å². The Balaban J connectivity index is 1.76. The highest BCUT2D eigenvalue weighted by molar-refractivity contribution is 5.54. The van der Waals surface area contributed by atoms with Gasteiger partial charge < -0.3 is 30.7 Å². The van der Waals surface area contributed by atoms with Gasteiger partial charge >= 0.3 is 0 Å². The van der Waals surface area contributed by atoms with Crippen molar-refractivity contribution < 1.29 is 9.47 Å². The summed E-state index contributed by atoms with van der Waals surface area (Å²) in [5.74, 6) is 0. The minimum atomic E-state index is -0.148. The van der Waals surface area contributed by atoms with E-state index in [9.17, 15) is 0 Å². The maximum Gasteiger partial charge on any atom is 0.156 e. The smallest absolute Gasteiger partial charge is 0.156 e. The van der Waals surface area contributed by atoms with E-state index < -0.39 is 0 Å². The molecule has 1 aliphatic heterocycles. The molecule has 26 heavy (non-hydrogen) atoms. The first-order chi connectivity index (χ1) is 12.6. The molecule has 0 bridgehead atoms. The lowest BCUT2D eigenvalue weighted by Gasteiger charge is -2.42. The van der Waals surface area contributed by atoms with Crippen LogP contribution in [0.15, 0.2) is 48.5 Å². The summed E-state index contributed by atoms with van der Waals surface area (Å²) in [5, 5.41) is 0. The largest absolute Gasteiger partial charge is 0.399 e. The third kappa shape index (κ3) is 4.03. The van der Waals surface area contributed by atoms with Gasteiger partial charge in [-0.1, -0.05) is 0 Å². The van der Waals surface area contributed by atoms with Gasteiger partial charge in [-0.25, -0.2) is 0 Å². The summed E-state index contributed by atoms with van der Waals surface area (Å²) in [6, 6.07) is 15.7. The maximum atomic E-state index is 6.43. The number of hydrogen-bond donors (Lipinski definition) is 2. The van der Waals surface area contributed by atoms with Crippen LogP contribution < -0.4 is 21.3 Å². The predicted molar refractivity (Wildman–Crippen MR) is 107 cm³/mol. The van der Waals surface area contributed by atoms with Crippen molar-refractivity contribution in [2.75, 3.05) is 47.6 Å². The Hall–Kier alpha value is -2.44. The molecule has 0 saturated carbocycles. The average Bonchev–Trinajstić information content (AvgIpc) is 2.66. The molecule has 140 valence electrons. The third-order valence-electron chi connectivity index (χ3n) is 4.66. The van der Waals surface area contributed by atoms with Crippen LogP contribution in [0.3, 0.4) is 0 Å². The van der Waals surface area contributed by atoms with Gasteiger partial charge in [0.05, 0.1) is 13.2 Å². The third-order valence-corrected chi connectivity index (χ3v) is 4.66. The minimum Gasteiger partial charge on any atom is -0.399 e. The van der Waals surface area contributed by atoms with Gasteiger partial charge in [0.2, 0.25) is 0 Å². The Kier molecular flexibility index (Phi) is 5.85. The van der Waals surface area contributed by atoms with E-state index in [0.29, 0.717) is 13.2 Å². The zero-order valence-electron chi connectivity index (χ0n) is 15.5. The van der Waals surface area contributed by atoms with Crippen LogP contribution in [0.2, 0.25) is 0 Å². The number of ether oxygens (including phenoxy) is 2. The van der Waals surface area contributed by atoms with Gasteiger partial charge in [0.15, 0.2) is 12.5 Å². The topological polar surface area (TPSA) is 77.0 Å². The quantitative estimate of drug-likeness (QED) is 0.775. The number of nitrogens with zero attached hydrogens (tertiary/aromatic N) is 2. The molecule has 2 atom stereocenters. The van der Waals surface area contributed by atoms with E-state index in [1.165, 1.54) is 0 Å². The SMILES string of the molecule is CCN(c1ccc(N)cc1)C1COCC(N(CC)c2ccc(N)cc2)O1. The summed E-state index contributed by atoms with van der Waals surface area (Å²) in [7, 11) is 0. The second-order valence-electron chi connectivity index (χ2n) is 6.34. The highest BCUT2D eigenvalue weighted by Gasteiger charge is 2.31. The molecule has 0 aromatic heterocycles. The van der Waals surface area contributed by atoms with E-state index in [1.54, 1.807) is 0 Å². The lowest BCUT2D eigenvalue weighted by Crippen LogP contribution is -2.53. The summed E-state index contributed by atoms with van der Waals surface area (Å²) >= 11 is 0. The highest BCUT2D eigenvalue weighted by Crippen LogP contribution is 2.26. The zero-order chi connectivity index (χ0) is 18.5. The summed E-state index contributed by atoms with van der Waals surface area (Å²) in [6.07, 6.45) is -0.296. The molecule has 2 aromatic rings. The molecule has 0 aliphatic carbocycles. The second kappa shape index (κ2) is 8.29. The first-order valence-electron chi connectivity index (χ1n) is 9.10. The van der Waals surface area contributed by atoms with Crippen molar-refractivity contribution in [3.63, 3.8) is 0 Å². The lowest BCUT2D eigenvalue weighted by atomic mass is 10.2. The van der Waals surface area contributed by atoms with Gasteiger partial charge in [0, 0.05) is 35.8 Å². The fraction of sp³-hybridized carbons (Fsp3) is 0.400. The number of nitrogens with two attached hydrogens (primary N) is 2. The number of hydrogen-bond acceptors (Lipinski definition) is 6. The van der Waals surface area contributed by atoms with E-state index in [-0.39, 0.29) is 12.5 Å². The molecule has 6 heteroatoms. The zero-order valence-corrected chi connectivity index (χ0v) is 15.5. The van der Waals surface area contributed by atoms with Gasteiger partial charge in [0.25, 0.3) is 0 Å². The fourth-order valence-corrected chi connectivity index (χ4v) is 3.29. The van der Waals surface area contributed by atoms with Crippen LogP contribution >= 0.6 is 0 Å². The van der Waals surface area contributed by atoms with Crippen LogP contribution in [0.5, 0.6) is 0 Å². The number of benzene rings is 2. The van der Waals surface area contributed by atoms with E-state index in [0.717, 1.165) is 35.8 Å². The molecule has 0 amide bonds. The fourth-order valence-electron chi connectivity index (χ4n) is 3.29. The molecular weight excluding hydrogens is 328 g/mol. The van der Waals surface area contributed by atoms with Crippen molar-refractivity contribution in [3.05, 3.63) is 48.5 Å². The standard InChI is InChI=1S/C20H28N4O2/c1-3-23(17-9-5-15(21)6-10-17)19-13-25-14-20(26-19)24(4-2)18-11-7-16(22)8-12-18/h5-12,19-20H,3-4,13-14,21-22H2,1-2H3. The lowest BCUT2D eigenvalue weighted by molar-refractivity contribution is -0.137. The van der Waals surface area contributed by atoms with Crippen LogP contribution in [0.4, 0.5) is 22.7 Å². The van der Waals surface area contributed by atoms with Crippen LogP contribution in [-0.2, 0) is 9.47 Å². The Morgan fingerprint density at radius 3 is 1.50 bits per heavy atom. The van der Waals surface area contributed by atoms with Crippen molar-refractivity contribution in [2.24, 2.45) is 0 Å². The number of likely N-dealkylation sites (N-methyl/N-ethyl adjacent to an activating group) is 2. The number of rotatable bonds is 6. The van der Waals surface area contributed by atoms with Crippen molar-refractivity contribution >= 4 is 22.7 Å². The Bertz CT molecular complexity index is 630. The van der Waals surface area contributed by atoms with Gasteiger partial charge in [-0.2, -0.15) is 0 Å². The normalized spacial score (nSPS) is 19.9. The molecule has 1 heterocycles. The Morgan fingerprint density at radius 1 is 0.769 bits per heavy atom. The summed E-state index contributed by atoms with van der Waals surface area (Å²) < 4.78 is 12.3. The molecule has 3 rings (SSSR count). The van der Waals surface area contributed by atoms with Gasteiger partial charge in [-0.15, -0.1) is 0 Å². The molecule has 1 aliphatic rings. The van der Waals surface area contributed by atoms with Crippen molar-refractivity contribution in [1.82, 2.24) is 0 Å². The van der Waals surface area contributed by atoms with Gasteiger partial charge in [-0.3, -0.25) is 0 Å². The van der Waals surface area contributed by atoms with Crippen molar-refractivity contribution in [2.45, 2.75) is 26.3 Å². The first kappa shape index (κ1) is 18.4.